The fraction of sp³-hybridized carbons (Fsp3) is 0.438. The Morgan fingerprint density at radius 2 is 2.32 bits per heavy atom. The van der Waals surface area contributed by atoms with Gasteiger partial charge in [0.2, 0.25) is 0 Å². The third kappa shape index (κ3) is 3.36. The molecule has 0 aromatic heterocycles. The third-order valence-electron chi connectivity index (χ3n) is 3.51. The average molecular weight is 256 g/mol. The lowest BCUT2D eigenvalue weighted by atomic mass is 10.0. The molecule has 0 radical (unpaired) electrons. The van der Waals surface area contributed by atoms with Crippen LogP contribution in [-0.2, 0) is 0 Å². The van der Waals surface area contributed by atoms with Crippen LogP contribution in [0, 0.1) is 11.8 Å². The Labute approximate surface area is 114 Å². The molecule has 1 aliphatic rings. The summed E-state index contributed by atoms with van der Waals surface area (Å²) in [5.41, 5.74) is 6.93. The highest BCUT2D eigenvalue weighted by atomic mass is 16.2. The molecule has 19 heavy (non-hydrogen) atoms. The van der Waals surface area contributed by atoms with E-state index in [0.717, 1.165) is 30.5 Å². The number of carbonyl (C=O) groups is 1. The Bertz CT molecular complexity index is 513. The van der Waals surface area contributed by atoms with Gasteiger partial charge in [-0.25, -0.2) is 0 Å². The Hall–Kier alpha value is -1.79. The molecule has 1 atom stereocenters. The fourth-order valence-electron chi connectivity index (χ4n) is 2.45. The third-order valence-corrected chi connectivity index (χ3v) is 3.51. The minimum absolute atomic E-state index is 0.114. The first-order chi connectivity index (χ1) is 9.22. The Morgan fingerprint density at radius 1 is 1.47 bits per heavy atom. The number of carbonyl (C=O) groups excluding carboxylic acids is 1. The summed E-state index contributed by atoms with van der Waals surface area (Å²) in [4.78, 5) is 14.5. The molecule has 3 heteroatoms. The van der Waals surface area contributed by atoms with E-state index in [1.807, 2.05) is 29.2 Å². The molecular formula is C16H20N2O. The first-order valence-electron chi connectivity index (χ1n) is 6.82. The number of nitrogens with two attached hydrogens (primary N) is 1. The number of benzene rings is 1. The molecule has 0 saturated carbocycles. The molecule has 1 amide bonds. The van der Waals surface area contributed by atoms with Gasteiger partial charge in [-0.3, -0.25) is 4.79 Å². The van der Waals surface area contributed by atoms with Gasteiger partial charge in [0.15, 0.2) is 0 Å². The SMILES string of the molecule is CC1CCCCN1C(=O)c1cccc(C#CCN)c1. The van der Waals surface area contributed by atoms with E-state index in [0.29, 0.717) is 12.6 Å². The molecule has 3 nitrogen and oxygen atoms in total. The first kappa shape index (κ1) is 13.6. The van der Waals surface area contributed by atoms with E-state index in [1.54, 1.807) is 0 Å². The number of rotatable bonds is 1. The quantitative estimate of drug-likeness (QED) is 0.781. The van der Waals surface area contributed by atoms with Crippen molar-refractivity contribution in [2.45, 2.75) is 32.2 Å². The second-order valence-electron chi connectivity index (χ2n) is 4.93. The number of hydrogen-bond donors (Lipinski definition) is 1. The van der Waals surface area contributed by atoms with Gasteiger partial charge in [-0.15, -0.1) is 0 Å². The molecular weight excluding hydrogens is 236 g/mol. The van der Waals surface area contributed by atoms with Crippen LogP contribution < -0.4 is 5.73 Å². The Balaban J connectivity index is 2.18. The number of nitrogens with zero attached hydrogens (tertiary/aromatic N) is 1. The zero-order valence-electron chi connectivity index (χ0n) is 11.4. The highest BCUT2D eigenvalue weighted by molar-refractivity contribution is 5.94. The topological polar surface area (TPSA) is 46.3 Å². The molecule has 0 bridgehead atoms. The molecule has 1 unspecified atom stereocenters. The van der Waals surface area contributed by atoms with Gasteiger partial charge in [0.25, 0.3) is 5.91 Å². The lowest BCUT2D eigenvalue weighted by molar-refractivity contribution is 0.0635. The maximum absolute atomic E-state index is 12.5. The highest BCUT2D eigenvalue weighted by Gasteiger charge is 2.24. The van der Waals surface area contributed by atoms with Crippen LogP contribution in [-0.4, -0.2) is 29.9 Å². The zero-order chi connectivity index (χ0) is 13.7. The Morgan fingerprint density at radius 3 is 3.05 bits per heavy atom. The van der Waals surface area contributed by atoms with Gasteiger partial charge in [-0.05, 0) is 44.4 Å². The minimum atomic E-state index is 0.114. The number of hydrogen-bond acceptors (Lipinski definition) is 2. The summed E-state index contributed by atoms with van der Waals surface area (Å²) in [5.74, 6) is 5.89. The van der Waals surface area contributed by atoms with E-state index in [9.17, 15) is 4.79 Å². The second-order valence-corrected chi connectivity index (χ2v) is 4.93. The lowest BCUT2D eigenvalue weighted by Crippen LogP contribution is -2.42. The maximum atomic E-state index is 12.5. The Kier molecular flexibility index (Phi) is 4.59. The largest absolute Gasteiger partial charge is 0.336 e. The van der Waals surface area contributed by atoms with E-state index in [1.165, 1.54) is 6.42 Å². The standard InChI is InChI=1S/C16H20N2O/c1-13-6-2-3-11-18(13)16(19)15-9-4-7-14(12-15)8-5-10-17/h4,7,9,12-13H,2-3,6,10-11,17H2,1H3. The molecule has 1 aromatic rings. The van der Waals surface area contributed by atoms with Crippen LogP contribution in [0.1, 0.15) is 42.1 Å². The van der Waals surface area contributed by atoms with Gasteiger partial charge in [-0.2, -0.15) is 0 Å². The molecule has 1 fully saturated rings. The van der Waals surface area contributed by atoms with Gasteiger partial charge in [-0.1, -0.05) is 17.9 Å². The van der Waals surface area contributed by atoms with E-state index >= 15 is 0 Å². The van der Waals surface area contributed by atoms with Gasteiger partial charge < -0.3 is 10.6 Å². The summed E-state index contributed by atoms with van der Waals surface area (Å²) in [7, 11) is 0. The van der Waals surface area contributed by atoms with Gasteiger partial charge in [0.05, 0.1) is 6.54 Å². The van der Waals surface area contributed by atoms with Gasteiger partial charge in [0, 0.05) is 23.7 Å². The summed E-state index contributed by atoms with van der Waals surface area (Å²) in [6.07, 6.45) is 3.41. The summed E-state index contributed by atoms with van der Waals surface area (Å²) in [6.45, 7) is 3.31. The van der Waals surface area contributed by atoms with Crippen LogP contribution in [0.2, 0.25) is 0 Å². The van der Waals surface area contributed by atoms with E-state index in [-0.39, 0.29) is 5.91 Å². The lowest BCUT2D eigenvalue weighted by Gasteiger charge is -2.33. The van der Waals surface area contributed by atoms with Crippen LogP contribution in [0.3, 0.4) is 0 Å². The summed E-state index contributed by atoms with van der Waals surface area (Å²) in [6, 6.07) is 7.82. The number of piperidine rings is 1. The zero-order valence-corrected chi connectivity index (χ0v) is 11.4. The summed E-state index contributed by atoms with van der Waals surface area (Å²) in [5, 5.41) is 0. The smallest absolute Gasteiger partial charge is 0.254 e. The van der Waals surface area contributed by atoms with Crippen molar-refractivity contribution in [3.8, 4) is 11.8 Å². The highest BCUT2D eigenvalue weighted by Crippen LogP contribution is 2.19. The molecule has 0 spiro atoms. The van der Waals surface area contributed by atoms with E-state index in [4.69, 9.17) is 5.73 Å². The van der Waals surface area contributed by atoms with Crippen LogP contribution in [0.15, 0.2) is 24.3 Å². The molecule has 1 heterocycles. The van der Waals surface area contributed by atoms with Crippen molar-refractivity contribution >= 4 is 5.91 Å². The molecule has 2 N–H and O–H groups in total. The normalized spacial score (nSPS) is 18.6. The van der Waals surface area contributed by atoms with Crippen molar-refractivity contribution in [1.29, 1.82) is 0 Å². The number of amides is 1. The fourth-order valence-corrected chi connectivity index (χ4v) is 2.45. The van der Waals surface area contributed by atoms with Crippen LogP contribution in [0.4, 0.5) is 0 Å². The molecule has 2 rings (SSSR count). The van der Waals surface area contributed by atoms with Crippen molar-refractivity contribution in [2.75, 3.05) is 13.1 Å². The average Bonchev–Trinajstić information content (AvgIpc) is 2.45. The molecule has 1 saturated heterocycles. The van der Waals surface area contributed by atoms with E-state index < -0.39 is 0 Å². The predicted molar refractivity (Wildman–Crippen MR) is 76.7 cm³/mol. The van der Waals surface area contributed by atoms with Crippen molar-refractivity contribution in [3.63, 3.8) is 0 Å². The van der Waals surface area contributed by atoms with E-state index in [2.05, 4.69) is 18.8 Å². The van der Waals surface area contributed by atoms with Crippen molar-refractivity contribution in [1.82, 2.24) is 4.90 Å². The van der Waals surface area contributed by atoms with Crippen molar-refractivity contribution in [2.24, 2.45) is 5.73 Å². The molecule has 1 aliphatic heterocycles. The monoisotopic (exact) mass is 256 g/mol. The van der Waals surface area contributed by atoms with Gasteiger partial charge in [0.1, 0.15) is 0 Å². The second kappa shape index (κ2) is 6.40. The molecule has 100 valence electrons. The molecule has 1 aromatic carbocycles. The van der Waals surface area contributed by atoms with Crippen LogP contribution >= 0.6 is 0 Å². The molecule has 0 aliphatic carbocycles. The maximum Gasteiger partial charge on any atom is 0.254 e. The predicted octanol–water partition coefficient (Wildman–Crippen LogP) is 2.01. The first-order valence-corrected chi connectivity index (χ1v) is 6.82. The van der Waals surface area contributed by atoms with Crippen LogP contribution in [0.25, 0.3) is 0 Å². The van der Waals surface area contributed by atoms with Crippen molar-refractivity contribution < 1.29 is 4.79 Å². The summed E-state index contributed by atoms with van der Waals surface area (Å²) < 4.78 is 0. The van der Waals surface area contributed by atoms with Crippen LogP contribution in [0.5, 0.6) is 0 Å². The van der Waals surface area contributed by atoms with Crippen molar-refractivity contribution in [3.05, 3.63) is 35.4 Å². The minimum Gasteiger partial charge on any atom is -0.336 e. The van der Waals surface area contributed by atoms with Gasteiger partial charge >= 0.3 is 0 Å². The number of likely N-dealkylation sites (tertiary alicyclic amines) is 1. The summed E-state index contributed by atoms with van der Waals surface area (Å²) >= 11 is 0.